The van der Waals surface area contributed by atoms with Gasteiger partial charge in [-0.15, -0.1) is 0 Å². The molecule has 6 heteroatoms. The van der Waals surface area contributed by atoms with Gasteiger partial charge in [-0.05, 0) is 26.8 Å². The second kappa shape index (κ2) is 5.04. The number of aryl methyl sites for hydroxylation is 2. The summed E-state index contributed by atoms with van der Waals surface area (Å²) in [7, 11) is 1.64. The number of allylic oxidation sites excluding steroid dienone is 2. The maximum absolute atomic E-state index is 7.98. The quantitative estimate of drug-likeness (QED) is 0.923. The first-order valence-electron chi connectivity index (χ1n) is 6.61. The standard InChI is InChI=1S/C15H16N4OS/c1-5-10-6-11(21-15(10)16)12-14(20-4)13-9(3)17-8(2)7-19(13)18-12/h5-7,16H,1-4H3/b10-5-,16-15?. The summed E-state index contributed by atoms with van der Waals surface area (Å²) in [6.07, 6.45) is 5.80. The molecule has 0 atom stereocenters. The van der Waals surface area contributed by atoms with Gasteiger partial charge >= 0.3 is 0 Å². The molecule has 0 spiro atoms. The van der Waals surface area contributed by atoms with Gasteiger partial charge in [0, 0.05) is 10.5 Å². The number of hydrogen-bond donors (Lipinski definition) is 1. The van der Waals surface area contributed by atoms with Gasteiger partial charge in [-0.25, -0.2) is 4.52 Å². The average molecular weight is 300 g/mol. The van der Waals surface area contributed by atoms with Gasteiger partial charge in [0.25, 0.3) is 0 Å². The molecule has 0 saturated carbocycles. The van der Waals surface area contributed by atoms with Crippen LogP contribution in [-0.2, 0) is 0 Å². The normalized spacial score (nSPS) is 16.9. The van der Waals surface area contributed by atoms with Crippen molar-refractivity contribution in [1.29, 1.82) is 5.41 Å². The van der Waals surface area contributed by atoms with Crippen LogP contribution in [0.1, 0.15) is 24.0 Å². The van der Waals surface area contributed by atoms with E-state index in [1.165, 1.54) is 11.8 Å². The monoisotopic (exact) mass is 300 g/mol. The smallest absolute Gasteiger partial charge is 0.175 e. The molecule has 0 fully saturated rings. The highest BCUT2D eigenvalue weighted by molar-refractivity contribution is 8.22. The molecule has 21 heavy (non-hydrogen) atoms. The SMILES string of the molecule is C/C=C1/C=C(c2nn3cc(C)nc(C)c3c2OC)SC1=N. The van der Waals surface area contributed by atoms with Crippen LogP contribution < -0.4 is 4.74 Å². The molecule has 108 valence electrons. The first kappa shape index (κ1) is 13.9. The van der Waals surface area contributed by atoms with Crippen LogP contribution in [0, 0.1) is 19.3 Å². The van der Waals surface area contributed by atoms with Crippen molar-refractivity contribution in [2.45, 2.75) is 20.8 Å². The van der Waals surface area contributed by atoms with Gasteiger partial charge in [-0.1, -0.05) is 17.8 Å². The van der Waals surface area contributed by atoms with Crippen molar-refractivity contribution in [1.82, 2.24) is 14.6 Å². The van der Waals surface area contributed by atoms with Crippen LogP contribution in [0.5, 0.6) is 5.75 Å². The molecule has 3 rings (SSSR count). The Morgan fingerprint density at radius 2 is 2.14 bits per heavy atom. The van der Waals surface area contributed by atoms with Crippen molar-refractivity contribution in [2.24, 2.45) is 0 Å². The van der Waals surface area contributed by atoms with Crippen molar-refractivity contribution in [3.8, 4) is 5.75 Å². The van der Waals surface area contributed by atoms with Crippen LogP contribution in [0.25, 0.3) is 10.4 Å². The van der Waals surface area contributed by atoms with Crippen LogP contribution in [0.3, 0.4) is 0 Å². The molecule has 1 N–H and O–H groups in total. The molecule has 0 radical (unpaired) electrons. The predicted molar refractivity (Wildman–Crippen MR) is 86.1 cm³/mol. The Labute approximate surface area is 127 Å². The van der Waals surface area contributed by atoms with Crippen molar-refractivity contribution in [2.75, 3.05) is 7.11 Å². The molecular weight excluding hydrogens is 284 g/mol. The summed E-state index contributed by atoms with van der Waals surface area (Å²) in [5, 5.41) is 13.1. The maximum Gasteiger partial charge on any atom is 0.175 e. The van der Waals surface area contributed by atoms with E-state index in [0.717, 1.165) is 33.1 Å². The van der Waals surface area contributed by atoms with Gasteiger partial charge < -0.3 is 4.74 Å². The van der Waals surface area contributed by atoms with Crippen molar-refractivity contribution >= 4 is 27.2 Å². The van der Waals surface area contributed by atoms with Crippen LogP contribution in [0.15, 0.2) is 23.9 Å². The number of hydrogen-bond acceptors (Lipinski definition) is 5. The van der Waals surface area contributed by atoms with Crippen LogP contribution >= 0.6 is 11.8 Å². The Hall–Kier alpha value is -2.08. The maximum atomic E-state index is 7.98. The Morgan fingerprint density at radius 1 is 1.38 bits per heavy atom. The van der Waals surface area contributed by atoms with Crippen LogP contribution in [0.2, 0.25) is 0 Å². The topological polar surface area (TPSA) is 63.3 Å². The van der Waals surface area contributed by atoms with Gasteiger partial charge in [-0.3, -0.25) is 10.4 Å². The molecule has 0 bridgehead atoms. The number of fused-ring (bicyclic) bond motifs is 1. The third-order valence-electron chi connectivity index (χ3n) is 3.37. The summed E-state index contributed by atoms with van der Waals surface area (Å²) in [5.74, 6) is 0.712. The molecule has 2 aromatic rings. The van der Waals surface area contributed by atoms with Gasteiger partial charge in [0.1, 0.15) is 11.2 Å². The second-order valence-electron chi connectivity index (χ2n) is 4.83. The van der Waals surface area contributed by atoms with Crippen molar-refractivity contribution < 1.29 is 4.74 Å². The zero-order valence-electron chi connectivity index (χ0n) is 12.4. The van der Waals surface area contributed by atoms with E-state index in [-0.39, 0.29) is 0 Å². The lowest BCUT2D eigenvalue weighted by Gasteiger charge is -2.03. The Bertz CT molecular complexity index is 817. The lowest BCUT2D eigenvalue weighted by atomic mass is 10.2. The van der Waals surface area contributed by atoms with E-state index in [9.17, 15) is 0 Å². The van der Waals surface area contributed by atoms with E-state index in [1.54, 1.807) is 7.11 Å². The van der Waals surface area contributed by atoms with Gasteiger partial charge in [0.15, 0.2) is 5.75 Å². The molecule has 1 aliphatic rings. The van der Waals surface area contributed by atoms with E-state index >= 15 is 0 Å². The average Bonchev–Trinajstić information content (AvgIpc) is 2.98. The zero-order valence-corrected chi connectivity index (χ0v) is 13.2. The number of nitrogens with one attached hydrogen (secondary N) is 1. The van der Waals surface area contributed by atoms with E-state index in [0.29, 0.717) is 10.8 Å². The predicted octanol–water partition coefficient (Wildman–Crippen LogP) is 3.37. The van der Waals surface area contributed by atoms with Gasteiger partial charge in [-0.2, -0.15) is 5.10 Å². The summed E-state index contributed by atoms with van der Waals surface area (Å²) < 4.78 is 7.38. The van der Waals surface area contributed by atoms with E-state index in [4.69, 9.17) is 10.1 Å². The highest BCUT2D eigenvalue weighted by Gasteiger charge is 2.25. The first-order chi connectivity index (χ1) is 10.0. The summed E-state index contributed by atoms with van der Waals surface area (Å²) >= 11 is 1.41. The summed E-state index contributed by atoms with van der Waals surface area (Å²) in [6.45, 7) is 5.82. The number of rotatable bonds is 2. The molecule has 1 aliphatic heterocycles. The minimum Gasteiger partial charge on any atom is -0.492 e. The summed E-state index contributed by atoms with van der Waals surface area (Å²) in [6, 6.07) is 0. The molecule has 0 saturated heterocycles. The highest BCUT2D eigenvalue weighted by atomic mass is 32.2. The Morgan fingerprint density at radius 3 is 2.76 bits per heavy atom. The minimum atomic E-state index is 0.539. The third kappa shape index (κ3) is 2.15. The Kier molecular flexibility index (Phi) is 3.33. The molecule has 2 aromatic heterocycles. The molecular formula is C15H16N4OS. The van der Waals surface area contributed by atoms with Crippen LogP contribution in [0.4, 0.5) is 0 Å². The lowest BCUT2D eigenvalue weighted by molar-refractivity contribution is 0.418. The first-order valence-corrected chi connectivity index (χ1v) is 7.42. The van der Waals surface area contributed by atoms with Gasteiger partial charge in [0.05, 0.1) is 29.7 Å². The molecule has 0 aromatic carbocycles. The number of thioether (sulfide) groups is 1. The van der Waals surface area contributed by atoms with Crippen molar-refractivity contribution in [3.05, 3.63) is 41.0 Å². The summed E-state index contributed by atoms with van der Waals surface area (Å²) in [4.78, 5) is 5.41. The lowest BCUT2D eigenvalue weighted by Crippen LogP contribution is -1.96. The van der Waals surface area contributed by atoms with E-state index < -0.39 is 0 Å². The van der Waals surface area contributed by atoms with Gasteiger partial charge in [0.2, 0.25) is 0 Å². The molecule has 0 amide bonds. The molecule has 0 aliphatic carbocycles. The third-order valence-corrected chi connectivity index (χ3v) is 4.34. The zero-order chi connectivity index (χ0) is 15.1. The number of methoxy groups -OCH3 is 1. The molecule has 0 unspecified atom stereocenters. The Balaban J connectivity index is 2.25. The molecule has 5 nitrogen and oxygen atoms in total. The van der Waals surface area contributed by atoms with Crippen molar-refractivity contribution in [3.63, 3.8) is 0 Å². The fourth-order valence-electron chi connectivity index (χ4n) is 2.46. The number of nitrogens with zero attached hydrogens (tertiary/aromatic N) is 3. The highest BCUT2D eigenvalue weighted by Crippen LogP contribution is 2.42. The summed E-state index contributed by atoms with van der Waals surface area (Å²) in [5.41, 5.74) is 4.35. The largest absolute Gasteiger partial charge is 0.492 e. The van der Waals surface area contributed by atoms with E-state index in [1.807, 2.05) is 43.6 Å². The fraction of sp³-hybridized carbons (Fsp3) is 0.267. The fourth-order valence-corrected chi connectivity index (χ4v) is 3.39. The minimum absolute atomic E-state index is 0.539. The van der Waals surface area contributed by atoms with Crippen LogP contribution in [-0.4, -0.2) is 26.8 Å². The van der Waals surface area contributed by atoms with E-state index in [2.05, 4.69) is 10.1 Å². The number of aromatic nitrogens is 3. The molecule has 3 heterocycles. The number of ether oxygens (including phenoxy) is 1. The second-order valence-corrected chi connectivity index (χ2v) is 5.88.